The van der Waals surface area contributed by atoms with Crippen LogP contribution in [0.3, 0.4) is 0 Å². The zero-order chi connectivity index (χ0) is 10.7. The van der Waals surface area contributed by atoms with E-state index in [1.54, 1.807) is 0 Å². The maximum Gasteiger partial charge on any atom is 0.0233 e. The average molecular weight is 204 g/mol. The predicted molar refractivity (Wildman–Crippen MR) is 63.5 cm³/mol. The van der Waals surface area contributed by atoms with E-state index in [2.05, 4.69) is 42.3 Å². The molecule has 2 heteroatoms. The second-order valence-corrected chi connectivity index (χ2v) is 4.54. The van der Waals surface area contributed by atoms with Crippen LogP contribution in [0.15, 0.2) is 30.3 Å². The van der Waals surface area contributed by atoms with E-state index < -0.39 is 0 Å². The molecule has 0 spiro atoms. The van der Waals surface area contributed by atoms with Crippen molar-refractivity contribution in [1.29, 1.82) is 0 Å². The minimum Gasteiger partial charge on any atom is -0.330 e. The van der Waals surface area contributed by atoms with Gasteiger partial charge in [-0.1, -0.05) is 30.3 Å². The van der Waals surface area contributed by atoms with Crippen molar-refractivity contribution in [2.24, 2.45) is 11.7 Å². The topological polar surface area (TPSA) is 29.3 Å². The largest absolute Gasteiger partial charge is 0.330 e. The fourth-order valence-electron chi connectivity index (χ4n) is 2.40. The highest BCUT2D eigenvalue weighted by atomic mass is 15.1. The number of nitrogens with zero attached hydrogens (tertiary/aromatic N) is 1. The maximum absolute atomic E-state index is 5.73. The molecule has 2 atom stereocenters. The third-order valence-corrected chi connectivity index (χ3v) is 3.52. The van der Waals surface area contributed by atoms with E-state index in [4.69, 9.17) is 5.73 Å². The van der Waals surface area contributed by atoms with Gasteiger partial charge in [0.15, 0.2) is 0 Å². The van der Waals surface area contributed by atoms with E-state index in [0.29, 0.717) is 6.04 Å². The molecule has 1 fully saturated rings. The molecule has 82 valence electrons. The lowest BCUT2D eigenvalue weighted by Crippen LogP contribution is -2.47. The van der Waals surface area contributed by atoms with Crippen LogP contribution >= 0.6 is 0 Å². The fraction of sp³-hybridized carbons (Fsp3) is 0.538. The Labute approximate surface area is 92.1 Å². The molecule has 2 N–H and O–H groups in total. The van der Waals surface area contributed by atoms with Crippen molar-refractivity contribution in [3.8, 4) is 0 Å². The van der Waals surface area contributed by atoms with Gasteiger partial charge in [-0.3, -0.25) is 4.90 Å². The molecule has 0 saturated heterocycles. The molecule has 0 aliphatic heterocycles. The molecule has 1 aliphatic carbocycles. The van der Waals surface area contributed by atoms with Crippen LogP contribution in [0.4, 0.5) is 0 Å². The summed E-state index contributed by atoms with van der Waals surface area (Å²) in [5.41, 5.74) is 7.12. The number of rotatable bonds is 4. The first-order chi connectivity index (χ1) is 7.31. The van der Waals surface area contributed by atoms with Crippen LogP contribution in [0.25, 0.3) is 0 Å². The Kier molecular flexibility index (Phi) is 3.39. The number of hydrogen-bond acceptors (Lipinski definition) is 2. The van der Waals surface area contributed by atoms with Gasteiger partial charge in [-0.2, -0.15) is 0 Å². The quantitative estimate of drug-likeness (QED) is 0.811. The van der Waals surface area contributed by atoms with Crippen LogP contribution < -0.4 is 5.73 Å². The van der Waals surface area contributed by atoms with Crippen molar-refractivity contribution in [2.45, 2.75) is 25.4 Å². The fourth-order valence-corrected chi connectivity index (χ4v) is 2.40. The van der Waals surface area contributed by atoms with Crippen molar-refractivity contribution in [3.05, 3.63) is 35.9 Å². The van der Waals surface area contributed by atoms with Crippen molar-refractivity contribution in [2.75, 3.05) is 13.6 Å². The van der Waals surface area contributed by atoms with Gasteiger partial charge in [0, 0.05) is 12.6 Å². The summed E-state index contributed by atoms with van der Waals surface area (Å²) >= 11 is 0. The van der Waals surface area contributed by atoms with Crippen LogP contribution in [0, 0.1) is 5.92 Å². The van der Waals surface area contributed by atoms with E-state index in [-0.39, 0.29) is 0 Å². The number of benzene rings is 1. The van der Waals surface area contributed by atoms with Crippen LogP contribution in [0.2, 0.25) is 0 Å². The summed E-state index contributed by atoms with van der Waals surface area (Å²) in [6.45, 7) is 1.88. The summed E-state index contributed by atoms with van der Waals surface area (Å²) < 4.78 is 0. The van der Waals surface area contributed by atoms with Crippen molar-refractivity contribution in [3.63, 3.8) is 0 Å². The van der Waals surface area contributed by atoms with Gasteiger partial charge in [0.25, 0.3) is 0 Å². The van der Waals surface area contributed by atoms with E-state index >= 15 is 0 Å². The zero-order valence-corrected chi connectivity index (χ0v) is 9.39. The van der Waals surface area contributed by atoms with E-state index in [9.17, 15) is 0 Å². The summed E-state index contributed by atoms with van der Waals surface area (Å²) in [7, 11) is 2.21. The molecule has 0 radical (unpaired) electrons. The number of hydrogen-bond donors (Lipinski definition) is 1. The molecular weight excluding hydrogens is 184 g/mol. The standard InChI is InChI=1S/C13H20N2/c1-15(13-8-7-12(13)9-14)10-11-5-3-2-4-6-11/h2-6,12-13H,7-10,14H2,1H3. The van der Waals surface area contributed by atoms with Gasteiger partial charge in [0.2, 0.25) is 0 Å². The van der Waals surface area contributed by atoms with Crippen molar-refractivity contribution < 1.29 is 0 Å². The number of nitrogens with two attached hydrogens (primary N) is 1. The molecular formula is C13H20N2. The molecule has 0 amide bonds. The van der Waals surface area contributed by atoms with Gasteiger partial charge in [-0.05, 0) is 37.9 Å². The summed E-state index contributed by atoms with van der Waals surface area (Å²) in [5.74, 6) is 0.721. The van der Waals surface area contributed by atoms with Gasteiger partial charge < -0.3 is 5.73 Å². The lowest BCUT2D eigenvalue weighted by molar-refractivity contribution is 0.0837. The second kappa shape index (κ2) is 4.77. The SMILES string of the molecule is CN(Cc1ccccc1)C1CCC1CN. The van der Waals surface area contributed by atoms with Crippen LogP contribution in [-0.2, 0) is 6.54 Å². The smallest absolute Gasteiger partial charge is 0.0233 e. The normalized spacial score (nSPS) is 25.3. The summed E-state index contributed by atoms with van der Waals surface area (Å²) in [4.78, 5) is 2.44. The van der Waals surface area contributed by atoms with Gasteiger partial charge in [-0.25, -0.2) is 0 Å². The van der Waals surface area contributed by atoms with Crippen molar-refractivity contribution in [1.82, 2.24) is 4.90 Å². The molecule has 1 aliphatic rings. The van der Waals surface area contributed by atoms with Crippen LogP contribution in [0.5, 0.6) is 0 Å². The molecule has 2 nitrogen and oxygen atoms in total. The van der Waals surface area contributed by atoms with Crippen molar-refractivity contribution >= 4 is 0 Å². The molecule has 0 heterocycles. The summed E-state index contributed by atoms with van der Waals surface area (Å²) in [6, 6.07) is 11.3. The maximum atomic E-state index is 5.73. The van der Waals surface area contributed by atoms with Gasteiger partial charge >= 0.3 is 0 Å². The monoisotopic (exact) mass is 204 g/mol. The highest BCUT2D eigenvalue weighted by Gasteiger charge is 2.32. The Bertz CT molecular complexity index is 295. The van der Waals surface area contributed by atoms with Gasteiger partial charge in [0.05, 0.1) is 0 Å². The Morgan fingerprint density at radius 2 is 2.00 bits per heavy atom. The molecule has 1 aromatic rings. The lowest BCUT2D eigenvalue weighted by atomic mass is 9.78. The van der Waals surface area contributed by atoms with E-state index in [1.165, 1.54) is 18.4 Å². The third kappa shape index (κ3) is 2.39. The van der Waals surface area contributed by atoms with Gasteiger partial charge in [-0.15, -0.1) is 0 Å². The molecule has 1 aromatic carbocycles. The van der Waals surface area contributed by atoms with Crippen LogP contribution in [-0.4, -0.2) is 24.5 Å². The zero-order valence-electron chi connectivity index (χ0n) is 9.39. The highest BCUT2D eigenvalue weighted by molar-refractivity contribution is 5.14. The summed E-state index contributed by atoms with van der Waals surface area (Å²) in [5, 5.41) is 0. The van der Waals surface area contributed by atoms with Gasteiger partial charge in [0.1, 0.15) is 0 Å². The first-order valence-corrected chi connectivity index (χ1v) is 5.75. The Morgan fingerprint density at radius 3 is 2.53 bits per heavy atom. The highest BCUT2D eigenvalue weighted by Crippen LogP contribution is 2.31. The Hall–Kier alpha value is -0.860. The molecule has 15 heavy (non-hydrogen) atoms. The second-order valence-electron chi connectivity index (χ2n) is 4.54. The summed E-state index contributed by atoms with van der Waals surface area (Å²) in [6.07, 6.45) is 2.62. The Morgan fingerprint density at radius 1 is 1.27 bits per heavy atom. The first-order valence-electron chi connectivity index (χ1n) is 5.75. The minimum absolute atomic E-state index is 0.704. The average Bonchev–Trinajstić information content (AvgIpc) is 2.18. The lowest BCUT2D eigenvalue weighted by Gasteiger charge is -2.42. The van der Waals surface area contributed by atoms with Crippen LogP contribution in [0.1, 0.15) is 18.4 Å². The third-order valence-electron chi connectivity index (χ3n) is 3.52. The molecule has 0 aromatic heterocycles. The minimum atomic E-state index is 0.704. The molecule has 2 unspecified atom stereocenters. The molecule has 1 saturated carbocycles. The predicted octanol–water partition coefficient (Wildman–Crippen LogP) is 1.86. The molecule has 2 rings (SSSR count). The van der Waals surface area contributed by atoms with E-state index in [1.807, 2.05) is 0 Å². The molecule has 0 bridgehead atoms. The van der Waals surface area contributed by atoms with E-state index in [0.717, 1.165) is 19.0 Å². The Balaban J connectivity index is 1.90. The first kappa shape index (κ1) is 10.7.